The SMILES string of the molecule is COc1ccc(-c2cc(N3CCCC(C(=O)Nc4ccc(Cl)cc4Cl)C3)ncn2)cc1. The van der Waals surface area contributed by atoms with Crippen molar-refractivity contribution in [1.82, 2.24) is 9.97 Å². The zero-order valence-corrected chi connectivity index (χ0v) is 18.5. The zero-order valence-electron chi connectivity index (χ0n) is 17.0. The minimum absolute atomic E-state index is 0.0571. The smallest absolute Gasteiger partial charge is 0.229 e. The molecule has 3 aromatic rings. The number of carbonyl (C=O) groups is 1. The van der Waals surface area contributed by atoms with E-state index in [9.17, 15) is 4.79 Å². The molecule has 8 heteroatoms. The molecule has 1 aliphatic heterocycles. The fourth-order valence-electron chi connectivity index (χ4n) is 3.66. The molecule has 1 N–H and O–H groups in total. The topological polar surface area (TPSA) is 67.3 Å². The molecule has 1 amide bonds. The Morgan fingerprint density at radius 1 is 1.13 bits per heavy atom. The van der Waals surface area contributed by atoms with E-state index in [-0.39, 0.29) is 11.8 Å². The first-order chi connectivity index (χ1) is 15.0. The Kier molecular flexibility index (Phi) is 6.59. The molecule has 0 spiro atoms. The summed E-state index contributed by atoms with van der Waals surface area (Å²) in [5.74, 6) is 1.38. The van der Waals surface area contributed by atoms with Gasteiger partial charge in [0.15, 0.2) is 0 Å². The molecule has 160 valence electrons. The lowest BCUT2D eigenvalue weighted by Crippen LogP contribution is -2.41. The molecule has 6 nitrogen and oxygen atoms in total. The predicted molar refractivity (Wildman–Crippen MR) is 124 cm³/mol. The lowest BCUT2D eigenvalue weighted by atomic mass is 9.97. The van der Waals surface area contributed by atoms with Crippen molar-refractivity contribution in [2.45, 2.75) is 12.8 Å². The van der Waals surface area contributed by atoms with Crippen molar-refractivity contribution in [2.75, 3.05) is 30.4 Å². The molecule has 0 aliphatic carbocycles. The van der Waals surface area contributed by atoms with Crippen LogP contribution < -0.4 is 15.0 Å². The van der Waals surface area contributed by atoms with E-state index >= 15 is 0 Å². The largest absolute Gasteiger partial charge is 0.497 e. The molecule has 2 heterocycles. The van der Waals surface area contributed by atoms with Crippen LogP contribution in [0, 0.1) is 5.92 Å². The first kappa shape index (κ1) is 21.4. The quantitative estimate of drug-likeness (QED) is 0.562. The van der Waals surface area contributed by atoms with Crippen molar-refractivity contribution in [3.8, 4) is 17.0 Å². The highest BCUT2D eigenvalue weighted by Gasteiger charge is 2.27. The number of carbonyl (C=O) groups excluding carboxylic acids is 1. The van der Waals surface area contributed by atoms with Crippen LogP contribution in [0.5, 0.6) is 5.75 Å². The van der Waals surface area contributed by atoms with Gasteiger partial charge < -0.3 is 15.0 Å². The summed E-state index contributed by atoms with van der Waals surface area (Å²) in [6.45, 7) is 1.42. The Bertz CT molecular complexity index is 1080. The first-order valence-electron chi connectivity index (χ1n) is 10.0. The molecule has 0 bridgehead atoms. The highest BCUT2D eigenvalue weighted by atomic mass is 35.5. The van der Waals surface area contributed by atoms with E-state index in [0.29, 0.717) is 22.3 Å². The van der Waals surface area contributed by atoms with Crippen LogP contribution in [0.2, 0.25) is 10.0 Å². The predicted octanol–water partition coefficient (Wildman–Crippen LogP) is 5.31. The van der Waals surface area contributed by atoms with Crippen LogP contribution in [0.1, 0.15) is 12.8 Å². The number of amides is 1. The number of benzene rings is 2. The molecule has 1 aliphatic rings. The van der Waals surface area contributed by atoms with Gasteiger partial charge in [0.05, 0.1) is 29.4 Å². The summed E-state index contributed by atoms with van der Waals surface area (Å²) >= 11 is 12.1. The number of nitrogens with one attached hydrogen (secondary N) is 1. The Morgan fingerprint density at radius 3 is 2.68 bits per heavy atom. The van der Waals surface area contributed by atoms with Crippen LogP contribution in [0.3, 0.4) is 0 Å². The van der Waals surface area contributed by atoms with Gasteiger partial charge in [-0.25, -0.2) is 9.97 Å². The van der Waals surface area contributed by atoms with Crippen LogP contribution in [0.25, 0.3) is 11.3 Å². The van der Waals surface area contributed by atoms with Gasteiger partial charge >= 0.3 is 0 Å². The zero-order chi connectivity index (χ0) is 21.8. The molecule has 1 saturated heterocycles. The monoisotopic (exact) mass is 456 g/mol. The van der Waals surface area contributed by atoms with Gasteiger partial charge in [0, 0.05) is 29.7 Å². The number of nitrogens with zero attached hydrogens (tertiary/aromatic N) is 3. The van der Waals surface area contributed by atoms with Crippen molar-refractivity contribution in [1.29, 1.82) is 0 Å². The first-order valence-corrected chi connectivity index (χ1v) is 10.8. The van der Waals surface area contributed by atoms with Gasteiger partial charge in [-0.2, -0.15) is 0 Å². The molecular weight excluding hydrogens is 435 g/mol. The lowest BCUT2D eigenvalue weighted by Gasteiger charge is -2.33. The van der Waals surface area contributed by atoms with E-state index in [0.717, 1.165) is 42.2 Å². The molecule has 1 unspecified atom stereocenters. The Morgan fingerprint density at radius 2 is 1.94 bits per heavy atom. The summed E-state index contributed by atoms with van der Waals surface area (Å²) in [6.07, 6.45) is 3.27. The van der Waals surface area contributed by atoms with Crippen LogP contribution >= 0.6 is 23.2 Å². The van der Waals surface area contributed by atoms with E-state index in [2.05, 4.69) is 20.2 Å². The third kappa shape index (κ3) is 5.09. The van der Waals surface area contributed by atoms with Crippen LogP contribution in [-0.2, 0) is 4.79 Å². The molecule has 1 atom stereocenters. The number of hydrogen-bond acceptors (Lipinski definition) is 5. The minimum Gasteiger partial charge on any atom is -0.497 e. The van der Waals surface area contributed by atoms with Crippen molar-refractivity contribution >= 4 is 40.6 Å². The Balaban J connectivity index is 1.47. The van der Waals surface area contributed by atoms with Crippen molar-refractivity contribution < 1.29 is 9.53 Å². The van der Waals surface area contributed by atoms with E-state index in [1.165, 1.54) is 0 Å². The number of aromatic nitrogens is 2. The number of methoxy groups -OCH3 is 1. The number of rotatable bonds is 5. The molecular formula is C23H22Cl2N4O2. The van der Waals surface area contributed by atoms with Gasteiger partial charge in [0.2, 0.25) is 5.91 Å². The fourth-order valence-corrected chi connectivity index (χ4v) is 4.12. The summed E-state index contributed by atoms with van der Waals surface area (Å²) in [7, 11) is 1.64. The maximum atomic E-state index is 12.9. The Hall–Kier alpha value is -2.83. The Labute approximate surface area is 191 Å². The van der Waals surface area contributed by atoms with E-state index in [4.69, 9.17) is 27.9 Å². The summed E-state index contributed by atoms with van der Waals surface area (Å²) in [5.41, 5.74) is 2.37. The van der Waals surface area contributed by atoms with E-state index < -0.39 is 0 Å². The molecule has 0 saturated carbocycles. The van der Waals surface area contributed by atoms with Crippen LogP contribution in [0.15, 0.2) is 54.9 Å². The molecule has 2 aromatic carbocycles. The number of anilines is 2. The van der Waals surface area contributed by atoms with Crippen molar-refractivity contribution in [2.24, 2.45) is 5.92 Å². The van der Waals surface area contributed by atoms with Crippen molar-refractivity contribution in [3.05, 3.63) is 64.9 Å². The molecule has 0 radical (unpaired) electrons. The van der Waals surface area contributed by atoms with Gasteiger partial charge in [0.25, 0.3) is 0 Å². The molecule has 31 heavy (non-hydrogen) atoms. The average Bonchev–Trinajstić information content (AvgIpc) is 2.81. The summed E-state index contributed by atoms with van der Waals surface area (Å²) in [4.78, 5) is 23.8. The van der Waals surface area contributed by atoms with Crippen LogP contribution in [-0.4, -0.2) is 36.1 Å². The number of ether oxygens (including phenoxy) is 1. The van der Waals surface area contributed by atoms with Gasteiger partial charge in [-0.05, 0) is 55.3 Å². The van der Waals surface area contributed by atoms with Crippen molar-refractivity contribution in [3.63, 3.8) is 0 Å². The lowest BCUT2D eigenvalue weighted by molar-refractivity contribution is -0.120. The maximum Gasteiger partial charge on any atom is 0.229 e. The number of piperidine rings is 1. The van der Waals surface area contributed by atoms with Gasteiger partial charge in [-0.1, -0.05) is 23.2 Å². The van der Waals surface area contributed by atoms with Crippen LogP contribution in [0.4, 0.5) is 11.5 Å². The highest BCUT2D eigenvalue weighted by molar-refractivity contribution is 6.36. The van der Waals surface area contributed by atoms with Gasteiger partial charge in [0.1, 0.15) is 17.9 Å². The second-order valence-electron chi connectivity index (χ2n) is 7.39. The molecule has 1 aromatic heterocycles. The van der Waals surface area contributed by atoms with Gasteiger partial charge in [-0.15, -0.1) is 0 Å². The maximum absolute atomic E-state index is 12.9. The summed E-state index contributed by atoms with van der Waals surface area (Å²) < 4.78 is 5.22. The fraction of sp³-hybridized carbons (Fsp3) is 0.261. The average molecular weight is 457 g/mol. The second kappa shape index (κ2) is 9.54. The van der Waals surface area contributed by atoms with E-state index in [1.54, 1.807) is 31.6 Å². The highest BCUT2D eigenvalue weighted by Crippen LogP contribution is 2.29. The third-order valence-corrected chi connectivity index (χ3v) is 5.89. The number of halogens is 2. The standard InChI is InChI=1S/C23H22Cl2N4O2/c1-31-18-7-4-15(5-8-18)21-12-22(27-14-26-21)29-10-2-3-16(13-29)23(30)28-20-9-6-17(24)11-19(20)25/h4-9,11-12,14,16H,2-3,10,13H2,1H3,(H,28,30). The minimum atomic E-state index is -0.167. The third-order valence-electron chi connectivity index (χ3n) is 5.34. The normalized spacial score (nSPS) is 16.1. The second-order valence-corrected chi connectivity index (χ2v) is 8.23. The summed E-state index contributed by atoms with van der Waals surface area (Å²) in [5, 5.41) is 3.88. The molecule has 4 rings (SSSR count). The number of hydrogen-bond donors (Lipinski definition) is 1. The summed E-state index contributed by atoms with van der Waals surface area (Å²) in [6, 6.07) is 14.7. The van der Waals surface area contributed by atoms with Gasteiger partial charge in [-0.3, -0.25) is 4.79 Å². The molecule has 1 fully saturated rings. The van der Waals surface area contributed by atoms with E-state index in [1.807, 2.05) is 30.3 Å².